The predicted molar refractivity (Wildman–Crippen MR) is 72.3 cm³/mol. The van der Waals surface area contributed by atoms with Crippen LogP contribution < -0.4 is 16.4 Å². The van der Waals surface area contributed by atoms with Gasteiger partial charge >= 0.3 is 0 Å². The van der Waals surface area contributed by atoms with Gasteiger partial charge < -0.3 is 16.4 Å². The molecule has 2 rings (SSSR count). The first kappa shape index (κ1) is 13.0. The number of nitrogens with two attached hydrogens (primary N) is 2. The molecule has 0 aliphatic heterocycles. The van der Waals surface area contributed by atoms with Gasteiger partial charge in [-0.1, -0.05) is 11.6 Å². The van der Waals surface area contributed by atoms with Gasteiger partial charge in [0.05, 0.1) is 16.3 Å². The van der Waals surface area contributed by atoms with Crippen molar-refractivity contribution in [2.75, 3.05) is 18.5 Å². The van der Waals surface area contributed by atoms with Crippen LogP contribution in [-0.2, 0) is 13.1 Å². The molecule has 1 unspecified atom stereocenters. The molecule has 0 fully saturated rings. The summed E-state index contributed by atoms with van der Waals surface area (Å²) >= 11 is 7.46. The number of anilines is 2. The Morgan fingerprint density at radius 3 is 2.39 bits per heavy atom. The molecule has 5 N–H and O–H groups in total. The summed E-state index contributed by atoms with van der Waals surface area (Å²) in [4.78, 5) is 14.3. The molecule has 0 radical (unpaired) electrons. The fraction of sp³-hybridized carbons (Fsp3) is 0.300. The molecule has 18 heavy (non-hydrogen) atoms. The number of hydrogen-bond donors (Lipinski definition) is 3. The van der Waals surface area contributed by atoms with E-state index in [1.807, 2.05) is 19.2 Å². The lowest BCUT2D eigenvalue weighted by molar-refractivity contribution is -0.908. The van der Waals surface area contributed by atoms with Crippen LogP contribution in [0.25, 0.3) is 0 Å². The highest BCUT2D eigenvalue weighted by Crippen LogP contribution is 2.20. The number of hydrogen-bond acceptors (Lipinski definition) is 6. The lowest BCUT2D eigenvalue weighted by atomic mass is 10.4. The molecule has 0 aliphatic rings. The number of thiophene rings is 1. The first-order valence-corrected chi connectivity index (χ1v) is 6.54. The molecule has 2 aromatic rings. The molecule has 2 aromatic heterocycles. The van der Waals surface area contributed by atoms with Crippen molar-refractivity contribution in [1.82, 2.24) is 15.0 Å². The van der Waals surface area contributed by atoms with Crippen LogP contribution in [0.5, 0.6) is 0 Å². The van der Waals surface area contributed by atoms with Gasteiger partial charge in [-0.05, 0) is 12.1 Å². The van der Waals surface area contributed by atoms with Gasteiger partial charge in [0.1, 0.15) is 13.1 Å². The monoisotopic (exact) mass is 285 g/mol. The fourth-order valence-corrected chi connectivity index (χ4v) is 2.81. The number of nitrogens with one attached hydrogen (secondary N) is 1. The smallest absolute Gasteiger partial charge is 0.225 e. The summed E-state index contributed by atoms with van der Waals surface area (Å²) in [5.41, 5.74) is 11.0. The van der Waals surface area contributed by atoms with E-state index in [0.29, 0.717) is 12.4 Å². The van der Waals surface area contributed by atoms with Gasteiger partial charge in [-0.15, -0.1) is 11.3 Å². The minimum absolute atomic E-state index is 0.157. The first-order valence-electron chi connectivity index (χ1n) is 5.34. The SMILES string of the molecule is C[NH+](Cc1nc(N)nc(N)n1)Cc1ccc(Cl)s1. The van der Waals surface area contributed by atoms with Crippen molar-refractivity contribution in [1.29, 1.82) is 0 Å². The van der Waals surface area contributed by atoms with Crippen LogP contribution >= 0.6 is 22.9 Å². The van der Waals surface area contributed by atoms with E-state index in [2.05, 4.69) is 15.0 Å². The van der Waals surface area contributed by atoms with E-state index in [-0.39, 0.29) is 11.9 Å². The molecule has 0 saturated carbocycles. The van der Waals surface area contributed by atoms with Crippen LogP contribution in [0.2, 0.25) is 4.34 Å². The highest BCUT2D eigenvalue weighted by atomic mass is 35.5. The molecule has 0 amide bonds. The molecular formula is C10H14ClN6S+. The molecule has 6 nitrogen and oxygen atoms in total. The zero-order chi connectivity index (χ0) is 13.1. The summed E-state index contributed by atoms with van der Waals surface area (Å²) in [5, 5.41) is 0. The second-order valence-corrected chi connectivity index (χ2v) is 5.78. The topological polar surface area (TPSA) is 95.2 Å². The van der Waals surface area contributed by atoms with Crippen molar-refractivity contribution in [3.8, 4) is 0 Å². The van der Waals surface area contributed by atoms with E-state index in [4.69, 9.17) is 23.1 Å². The van der Waals surface area contributed by atoms with Gasteiger partial charge in [-0.3, -0.25) is 0 Å². The van der Waals surface area contributed by atoms with E-state index < -0.39 is 0 Å². The third-order valence-corrected chi connectivity index (χ3v) is 3.51. The lowest BCUT2D eigenvalue weighted by Gasteiger charge is -2.11. The maximum atomic E-state index is 5.89. The largest absolute Gasteiger partial charge is 0.368 e. The van der Waals surface area contributed by atoms with Crippen LogP contribution in [-0.4, -0.2) is 22.0 Å². The van der Waals surface area contributed by atoms with E-state index in [9.17, 15) is 0 Å². The molecule has 0 aromatic carbocycles. The number of quaternary nitrogens is 1. The Bertz CT molecular complexity index is 523. The lowest BCUT2D eigenvalue weighted by Crippen LogP contribution is -3.06. The average molecular weight is 286 g/mol. The van der Waals surface area contributed by atoms with Gasteiger partial charge in [0, 0.05) is 0 Å². The van der Waals surface area contributed by atoms with Crippen LogP contribution in [0.4, 0.5) is 11.9 Å². The van der Waals surface area contributed by atoms with Crippen molar-refractivity contribution >= 4 is 34.8 Å². The van der Waals surface area contributed by atoms with Crippen molar-refractivity contribution in [2.45, 2.75) is 13.1 Å². The maximum Gasteiger partial charge on any atom is 0.225 e. The van der Waals surface area contributed by atoms with Gasteiger partial charge in [-0.25, -0.2) is 0 Å². The molecule has 96 valence electrons. The van der Waals surface area contributed by atoms with Crippen LogP contribution in [0, 0.1) is 0 Å². The Morgan fingerprint density at radius 1 is 1.17 bits per heavy atom. The Hall–Kier alpha value is -1.44. The van der Waals surface area contributed by atoms with Gasteiger partial charge in [0.15, 0.2) is 5.82 Å². The third kappa shape index (κ3) is 3.52. The van der Waals surface area contributed by atoms with Gasteiger partial charge in [0.25, 0.3) is 0 Å². The van der Waals surface area contributed by atoms with Crippen molar-refractivity contribution in [3.63, 3.8) is 0 Å². The summed E-state index contributed by atoms with van der Waals surface area (Å²) in [6.45, 7) is 1.48. The molecule has 0 spiro atoms. The van der Waals surface area contributed by atoms with E-state index in [1.165, 1.54) is 9.78 Å². The van der Waals surface area contributed by atoms with Crippen LogP contribution in [0.15, 0.2) is 12.1 Å². The zero-order valence-corrected chi connectivity index (χ0v) is 11.4. The van der Waals surface area contributed by atoms with Crippen molar-refractivity contribution in [2.24, 2.45) is 0 Å². The zero-order valence-electron chi connectivity index (χ0n) is 9.85. The Labute approximate surface area is 114 Å². The van der Waals surface area contributed by atoms with Crippen LogP contribution in [0.3, 0.4) is 0 Å². The number of rotatable bonds is 4. The minimum Gasteiger partial charge on any atom is -0.368 e. The second-order valence-electron chi connectivity index (χ2n) is 3.98. The van der Waals surface area contributed by atoms with Crippen LogP contribution in [0.1, 0.15) is 10.7 Å². The molecule has 8 heteroatoms. The van der Waals surface area contributed by atoms with Gasteiger partial charge in [-0.2, -0.15) is 15.0 Å². The standard InChI is InChI=1S/C10H13ClN6S/c1-17(4-6-2-3-7(11)18-6)5-8-14-9(12)16-10(13)15-8/h2-3H,4-5H2,1H3,(H4,12,13,14,15,16)/p+1. The Morgan fingerprint density at radius 2 is 1.83 bits per heavy atom. The molecule has 1 atom stereocenters. The minimum atomic E-state index is 0.157. The Balaban J connectivity index is 2.00. The average Bonchev–Trinajstić information content (AvgIpc) is 2.61. The molecule has 0 bridgehead atoms. The Kier molecular flexibility index (Phi) is 3.95. The summed E-state index contributed by atoms with van der Waals surface area (Å²) in [7, 11) is 2.05. The predicted octanol–water partition coefficient (Wildman–Crippen LogP) is -0.0342. The van der Waals surface area contributed by atoms with Crippen molar-refractivity contribution < 1.29 is 4.90 Å². The molecule has 0 saturated heterocycles. The summed E-state index contributed by atoms with van der Waals surface area (Å²) in [5.74, 6) is 0.911. The summed E-state index contributed by atoms with van der Waals surface area (Å²) < 4.78 is 0.798. The highest BCUT2D eigenvalue weighted by molar-refractivity contribution is 7.16. The summed E-state index contributed by atoms with van der Waals surface area (Å²) in [6.07, 6.45) is 0. The molecule has 2 heterocycles. The highest BCUT2D eigenvalue weighted by Gasteiger charge is 2.10. The van der Waals surface area contributed by atoms with Gasteiger partial charge in [0.2, 0.25) is 11.9 Å². The number of nitrogens with zero attached hydrogens (tertiary/aromatic N) is 3. The summed E-state index contributed by atoms with van der Waals surface area (Å²) in [6, 6.07) is 3.92. The van der Waals surface area contributed by atoms with E-state index in [0.717, 1.165) is 10.9 Å². The molecule has 0 aliphatic carbocycles. The quantitative estimate of drug-likeness (QED) is 0.733. The van der Waals surface area contributed by atoms with Crippen molar-refractivity contribution in [3.05, 3.63) is 27.2 Å². The van der Waals surface area contributed by atoms with E-state index >= 15 is 0 Å². The fourth-order valence-electron chi connectivity index (χ4n) is 1.61. The first-order chi connectivity index (χ1) is 8.52. The van der Waals surface area contributed by atoms with E-state index in [1.54, 1.807) is 11.3 Å². The normalized spacial score (nSPS) is 12.6. The second kappa shape index (κ2) is 5.47. The number of aromatic nitrogens is 3. The third-order valence-electron chi connectivity index (χ3n) is 2.28. The molecular weight excluding hydrogens is 272 g/mol. The maximum absolute atomic E-state index is 5.89. The number of nitrogen functional groups attached to an aromatic ring is 2. The number of halogens is 1.